The first kappa shape index (κ1) is 51.7. The highest BCUT2D eigenvalue weighted by molar-refractivity contribution is 5.97. The van der Waals surface area contributed by atoms with Crippen LogP contribution in [0, 0.1) is 11.3 Å². The number of hydrazine groups is 1. The van der Waals surface area contributed by atoms with Crippen molar-refractivity contribution in [2.24, 2.45) is 11.3 Å². The Balaban J connectivity index is 1.26. The van der Waals surface area contributed by atoms with Crippen molar-refractivity contribution in [2.45, 2.75) is 104 Å². The number of β-amino-alcohol motifs (C(OH)–C–C–N with tert-alkyl or cyclic N) is 1. The molecule has 0 aliphatic carbocycles. The first-order chi connectivity index (χ1) is 33.2. The Morgan fingerprint density at radius 2 is 1.84 bits per heavy atom. The summed E-state index contributed by atoms with van der Waals surface area (Å²) < 4.78 is 14.0. The number of aromatic nitrogens is 2. The molecule has 4 aromatic rings. The molecule has 0 spiro atoms. The lowest BCUT2D eigenvalue weighted by Crippen LogP contribution is -2.63. The summed E-state index contributed by atoms with van der Waals surface area (Å²) in [5.74, 6) is -3.24. The van der Waals surface area contributed by atoms with Crippen molar-refractivity contribution in [3.8, 4) is 28.1 Å². The fourth-order valence-corrected chi connectivity index (χ4v) is 10.2. The van der Waals surface area contributed by atoms with E-state index in [1.165, 1.54) is 27.9 Å². The number of fused-ring (bicyclic) bond motifs is 6. The van der Waals surface area contributed by atoms with Gasteiger partial charge in [-0.1, -0.05) is 45.9 Å². The number of aromatic hydroxyl groups is 1. The molecule has 5 heterocycles. The van der Waals surface area contributed by atoms with Crippen LogP contribution < -0.4 is 10.7 Å². The molecule has 70 heavy (non-hydrogen) atoms. The molecule has 4 amide bonds. The van der Waals surface area contributed by atoms with E-state index in [9.17, 15) is 34.2 Å². The van der Waals surface area contributed by atoms with Gasteiger partial charge in [-0.15, -0.1) is 0 Å². The van der Waals surface area contributed by atoms with Crippen LogP contribution in [0.25, 0.3) is 33.3 Å². The lowest BCUT2D eigenvalue weighted by Gasteiger charge is -2.37. The number of esters is 1. The Morgan fingerprint density at radius 3 is 2.56 bits per heavy atom. The molecule has 4 N–H and O–H groups in total. The highest BCUT2D eigenvalue weighted by Gasteiger charge is 2.48. The normalized spacial score (nSPS) is 21.3. The third-order valence-corrected chi connectivity index (χ3v) is 13.6. The van der Waals surface area contributed by atoms with Crippen molar-refractivity contribution in [1.82, 2.24) is 40.0 Å². The first-order valence-electron chi connectivity index (χ1n) is 24.3. The van der Waals surface area contributed by atoms with Gasteiger partial charge in [0, 0.05) is 87.3 Å². The average Bonchev–Trinajstić information content (AvgIpc) is 3.87. The van der Waals surface area contributed by atoms with E-state index in [0.717, 1.165) is 39.0 Å². The predicted octanol–water partition coefficient (Wildman–Crippen LogP) is 4.45. The van der Waals surface area contributed by atoms with Crippen LogP contribution in [0.5, 0.6) is 5.75 Å². The van der Waals surface area contributed by atoms with Crippen LogP contribution in [0.2, 0.25) is 0 Å². The number of aryl methyl sites for hydroxylation is 1. The number of pyridine rings is 1. The molecule has 17 nitrogen and oxygen atoms in total. The number of benzene rings is 2. The number of rotatable bonds is 12. The minimum atomic E-state index is -1.94. The minimum Gasteiger partial charge on any atom is -0.508 e. The van der Waals surface area contributed by atoms with Crippen molar-refractivity contribution in [1.29, 1.82) is 0 Å². The second-order valence-corrected chi connectivity index (χ2v) is 20.5. The van der Waals surface area contributed by atoms with Crippen molar-refractivity contribution < 1.29 is 43.7 Å². The van der Waals surface area contributed by atoms with E-state index < -0.39 is 58.8 Å². The zero-order valence-electron chi connectivity index (χ0n) is 42.1. The number of phenolic OH excluding ortho intramolecular Hbond substituents is 1. The molecule has 376 valence electrons. The van der Waals surface area contributed by atoms with E-state index in [4.69, 9.17) is 14.5 Å². The number of carbonyl (C=O) groups is 5. The van der Waals surface area contributed by atoms with Gasteiger partial charge in [-0.2, -0.15) is 0 Å². The number of cyclic esters (lactones) is 1. The number of aliphatic hydroxyl groups is 1. The Hall–Kier alpha value is -6.14. The lowest BCUT2D eigenvalue weighted by atomic mass is 9.84. The summed E-state index contributed by atoms with van der Waals surface area (Å²) in [7, 11) is 6.84. The maximum absolute atomic E-state index is 14.8. The van der Waals surface area contributed by atoms with Crippen LogP contribution in [-0.4, -0.2) is 154 Å². The standard InChI is InChI=1S/C53H70N8O9/c1-10-60-44-18-17-35-28-39(44)40(47(60)38-14-11-20-54-43(38)30-69-9)29-52(4,5)32-70-50(66)41-15-12-22-61(56-41)49(65)42(26-34-24-36(35)27-37(62)25-34)55-48(64)46(33(2)3)58(8)51(67)53(68)19-23-59(31-53)45(63)16-13-21-57(6)7/h11,13-14,16-18,20,24-25,27-28,33,41-42,46,56,62,68H,10,12,15,19,21-23,26,29-32H2,1-9H3,(H,55,64)/b16-13+/t41-,42-,46-,53+/m0/s1. The number of phenols is 1. The van der Waals surface area contributed by atoms with E-state index in [1.807, 2.05) is 37.2 Å². The number of nitrogens with zero attached hydrogens (tertiary/aromatic N) is 6. The number of nitrogens with one attached hydrogen (secondary N) is 2. The smallest absolute Gasteiger partial charge is 0.324 e. The van der Waals surface area contributed by atoms with Crippen LogP contribution in [0.4, 0.5) is 0 Å². The molecule has 0 saturated carbocycles. The third-order valence-electron chi connectivity index (χ3n) is 13.6. The molecule has 2 saturated heterocycles. The molecule has 17 heteroatoms. The fourth-order valence-electron chi connectivity index (χ4n) is 10.2. The molecule has 2 aromatic carbocycles. The molecule has 2 aromatic heterocycles. The fraction of sp³-hybridized carbons (Fsp3) is 0.509. The summed E-state index contributed by atoms with van der Waals surface area (Å²) in [5.41, 5.74) is 7.40. The number of carbonyl (C=O) groups excluding carboxylic acids is 5. The topological polar surface area (TPSA) is 199 Å². The van der Waals surface area contributed by atoms with Crippen molar-refractivity contribution in [2.75, 3.05) is 61.0 Å². The van der Waals surface area contributed by atoms with Crippen LogP contribution >= 0.6 is 0 Å². The number of hydrogen-bond donors (Lipinski definition) is 4. The largest absolute Gasteiger partial charge is 0.508 e. The summed E-state index contributed by atoms with van der Waals surface area (Å²) in [4.78, 5) is 79.7. The molecule has 3 aliphatic heterocycles. The number of methoxy groups -OCH3 is 1. The van der Waals surface area contributed by atoms with E-state index in [1.54, 1.807) is 45.4 Å². The van der Waals surface area contributed by atoms with Gasteiger partial charge in [-0.25, -0.2) is 5.43 Å². The Labute approximate surface area is 410 Å². The van der Waals surface area contributed by atoms with Crippen LogP contribution in [0.3, 0.4) is 0 Å². The number of likely N-dealkylation sites (N-methyl/N-ethyl adjacent to an activating group) is 2. The minimum absolute atomic E-state index is 0.0157. The molecule has 7 rings (SSSR count). The van der Waals surface area contributed by atoms with Gasteiger partial charge in [0.15, 0.2) is 5.60 Å². The van der Waals surface area contributed by atoms with Gasteiger partial charge < -0.3 is 44.3 Å². The van der Waals surface area contributed by atoms with E-state index in [-0.39, 0.29) is 50.7 Å². The molecule has 0 radical (unpaired) electrons. The number of likely N-dealkylation sites (tertiary alicyclic amines) is 1. The summed E-state index contributed by atoms with van der Waals surface area (Å²) in [6, 6.07) is 12.1. The van der Waals surface area contributed by atoms with E-state index in [0.29, 0.717) is 50.1 Å². The number of ether oxygens (including phenoxy) is 2. The highest BCUT2D eigenvalue weighted by Crippen LogP contribution is 2.41. The van der Waals surface area contributed by atoms with E-state index >= 15 is 0 Å². The van der Waals surface area contributed by atoms with Gasteiger partial charge in [0.1, 0.15) is 23.9 Å². The lowest BCUT2D eigenvalue weighted by molar-refractivity contribution is -0.156. The van der Waals surface area contributed by atoms with Crippen molar-refractivity contribution in [3.05, 3.63) is 83.7 Å². The molecule has 4 atom stereocenters. The molecule has 3 aliphatic rings. The van der Waals surface area contributed by atoms with Gasteiger partial charge in [-0.05, 0) is 105 Å². The van der Waals surface area contributed by atoms with Gasteiger partial charge in [0.2, 0.25) is 11.8 Å². The van der Waals surface area contributed by atoms with Crippen molar-refractivity contribution in [3.63, 3.8) is 0 Å². The Kier molecular flexibility index (Phi) is 15.9. The SMILES string of the molecule is CCn1c(-c2cccnc2COC)c2c3cc(ccc31)-c1cc(O)cc(c1)C[C@H](NC(=O)[C@H](C(C)C)N(C)C(=O)[C@@]1(O)CCN(C(=O)/C=C/CN(C)C)C1)C(=O)N1CCC[C@H](N1)C(=O)OCC(C)(C)C2. The molecule has 2 fully saturated rings. The zero-order valence-corrected chi connectivity index (χ0v) is 42.1. The summed E-state index contributed by atoms with van der Waals surface area (Å²) in [5, 5.41) is 28.3. The Morgan fingerprint density at radius 1 is 1.07 bits per heavy atom. The maximum atomic E-state index is 14.8. The van der Waals surface area contributed by atoms with E-state index in [2.05, 4.69) is 54.3 Å². The van der Waals surface area contributed by atoms with Crippen LogP contribution in [0.1, 0.15) is 70.7 Å². The summed E-state index contributed by atoms with van der Waals surface area (Å²) in [6.07, 6.45) is 6.24. The second kappa shape index (κ2) is 21.5. The summed E-state index contributed by atoms with van der Waals surface area (Å²) in [6.45, 7) is 11.5. The third kappa shape index (κ3) is 11.2. The molecule has 6 bridgehead atoms. The molecular weight excluding hydrogens is 893 g/mol. The molecule has 0 unspecified atom stereocenters. The summed E-state index contributed by atoms with van der Waals surface area (Å²) >= 11 is 0. The highest BCUT2D eigenvalue weighted by atomic mass is 16.5. The predicted molar refractivity (Wildman–Crippen MR) is 266 cm³/mol. The Bertz CT molecular complexity index is 2640. The average molecular weight is 963 g/mol. The van der Waals surface area contributed by atoms with Gasteiger partial charge in [0.05, 0.1) is 31.1 Å². The molecular formula is C53H70N8O9. The number of amides is 4. The second-order valence-electron chi connectivity index (χ2n) is 20.5. The van der Waals surface area contributed by atoms with Gasteiger partial charge in [-0.3, -0.25) is 34.0 Å². The quantitative estimate of drug-likeness (QED) is 0.115. The zero-order chi connectivity index (χ0) is 50.7. The van der Waals surface area contributed by atoms with Gasteiger partial charge >= 0.3 is 5.97 Å². The number of hydrogen-bond acceptors (Lipinski definition) is 12. The maximum Gasteiger partial charge on any atom is 0.324 e. The van der Waals surface area contributed by atoms with Crippen molar-refractivity contribution >= 4 is 40.5 Å². The van der Waals surface area contributed by atoms with Gasteiger partial charge in [0.25, 0.3) is 11.8 Å². The van der Waals surface area contributed by atoms with Crippen LogP contribution in [0.15, 0.2) is 66.9 Å². The first-order valence-corrected chi connectivity index (χ1v) is 24.3. The van der Waals surface area contributed by atoms with Crippen LogP contribution in [-0.2, 0) is 59.4 Å². The monoisotopic (exact) mass is 963 g/mol.